The Bertz CT molecular complexity index is 878. The average molecular weight is 427 g/mol. The van der Waals surface area contributed by atoms with Crippen LogP contribution in [0.3, 0.4) is 0 Å². The first kappa shape index (κ1) is 21.2. The summed E-state index contributed by atoms with van der Waals surface area (Å²) in [6.07, 6.45) is 9.74. The normalized spacial score (nSPS) is 31.4. The molecule has 6 heteroatoms. The van der Waals surface area contributed by atoms with Crippen LogP contribution in [0.25, 0.3) is 0 Å². The average Bonchev–Trinajstić information content (AvgIpc) is 3.30. The molecule has 2 bridgehead atoms. The zero-order valence-corrected chi connectivity index (χ0v) is 19.6. The standard InChI is InChI=1S/C25H38N4O2/c1-17-13-22(28(4)27-17)23(30)26-15-20-7-8-25(31-20)9-11-29(12-10-25)16-18-5-6-19-14-21(18)24(19,2)3/h5,13,19-21H,6-12,14-16H2,1-4H3,(H,26,30)/t19-,20+,21-/m0/s1. The summed E-state index contributed by atoms with van der Waals surface area (Å²) in [4.78, 5) is 15.1. The number of aryl methyl sites for hydroxylation is 2. The number of carbonyl (C=O) groups excluding carboxylic acids is 1. The number of hydrogen-bond acceptors (Lipinski definition) is 4. The van der Waals surface area contributed by atoms with Crippen molar-refractivity contribution in [1.82, 2.24) is 20.0 Å². The van der Waals surface area contributed by atoms with Gasteiger partial charge in [-0.05, 0) is 68.8 Å². The third-order valence-corrected chi connectivity index (χ3v) is 8.82. The Kier molecular flexibility index (Phi) is 5.29. The summed E-state index contributed by atoms with van der Waals surface area (Å²) in [6, 6.07) is 1.83. The Hall–Kier alpha value is -1.66. The lowest BCUT2D eigenvalue weighted by atomic mass is 9.49. The van der Waals surface area contributed by atoms with Crippen molar-refractivity contribution < 1.29 is 9.53 Å². The summed E-state index contributed by atoms with van der Waals surface area (Å²) in [5, 5.41) is 7.31. The molecule has 3 aliphatic carbocycles. The fraction of sp³-hybridized carbons (Fsp3) is 0.760. The Morgan fingerprint density at radius 2 is 2.06 bits per heavy atom. The van der Waals surface area contributed by atoms with E-state index >= 15 is 0 Å². The quantitative estimate of drug-likeness (QED) is 0.733. The molecule has 5 aliphatic rings. The zero-order chi connectivity index (χ0) is 21.8. The number of fused-ring (bicyclic) bond motifs is 1. The summed E-state index contributed by atoms with van der Waals surface area (Å²) < 4.78 is 8.18. The fourth-order valence-corrected chi connectivity index (χ4v) is 6.56. The number of piperidine rings is 1. The van der Waals surface area contributed by atoms with Gasteiger partial charge in [0, 0.05) is 33.2 Å². The zero-order valence-electron chi connectivity index (χ0n) is 19.6. The molecule has 2 saturated heterocycles. The van der Waals surface area contributed by atoms with Crippen LogP contribution in [0.1, 0.15) is 68.6 Å². The smallest absolute Gasteiger partial charge is 0.269 e. The summed E-state index contributed by atoms with van der Waals surface area (Å²) in [6.45, 7) is 10.8. The van der Waals surface area contributed by atoms with Crippen molar-refractivity contribution in [2.75, 3.05) is 26.2 Å². The summed E-state index contributed by atoms with van der Waals surface area (Å²) in [7, 11) is 1.81. The lowest BCUT2D eigenvalue weighted by Gasteiger charge is -2.57. The molecule has 1 aromatic rings. The molecule has 1 saturated carbocycles. The second kappa shape index (κ2) is 7.73. The van der Waals surface area contributed by atoms with Crippen LogP contribution in [-0.4, -0.2) is 58.5 Å². The second-order valence-corrected chi connectivity index (χ2v) is 11.1. The summed E-state index contributed by atoms with van der Waals surface area (Å²) >= 11 is 0. The molecule has 6 rings (SSSR count). The fourth-order valence-electron chi connectivity index (χ4n) is 6.56. The van der Waals surface area contributed by atoms with Crippen molar-refractivity contribution in [3.63, 3.8) is 0 Å². The monoisotopic (exact) mass is 426 g/mol. The largest absolute Gasteiger partial charge is 0.370 e. The van der Waals surface area contributed by atoms with Crippen LogP contribution in [0.2, 0.25) is 0 Å². The minimum Gasteiger partial charge on any atom is -0.370 e. The van der Waals surface area contributed by atoms with Crippen LogP contribution in [0.5, 0.6) is 0 Å². The SMILES string of the molecule is Cc1cc(C(=O)NC[C@H]2CCC3(CCN(CC4=CC[C@H]5C[C@@H]4C5(C)C)CC3)O2)n(C)n1. The van der Waals surface area contributed by atoms with Crippen LogP contribution >= 0.6 is 0 Å². The molecule has 1 spiro atoms. The van der Waals surface area contributed by atoms with Gasteiger partial charge < -0.3 is 10.1 Å². The summed E-state index contributed by atoms with van der Waals surface area (Å²) in [5.74, 6) is 1.66. The first-order valence-electron chi connectivity index (χ1n) is 12.1. The minimum atomic E-state index is -0.0654. The molecule has 170 valence electrons. The first-order valence-corrected chi connectivity index (χ1v) is 12.1. The van der Waals surface area contributed by atoms with Crippen molar-refractivity contribution in [3.05, 3.63) is 29.1 Å². The number of ether oxygens (including phenoxy) is 1. The Balaban J connectivity index is 1.09. The van der Waals surface area contributed by atoms with E-state index in [1.807, 2.05) is 20.0 Å². The highest BCUT2D eigenvalue weighted by molar-refractivity contribution is 5.92. The number of rotatable bonds is 5. The maximum Gasteiger partial charge on any atom is 0.269 e. The molecular formula is C25H38N4O2. The minimum absolute atomic E-state index is 0.0246. The van der Waals surface area contributed by atoms with Crippen LogP contribution in [-0.2, 0) is 11.8 Å². The number of nitrogens with zero attached hydrogens (tertiary/aromatic N) is 3. The van der Waals surface area contributed by atoms with E-state index < -0.39 is 0 Å². The van der Waals surface area contributed by atoms with Gasteiger partial charge in [0.1, 0.15) is 5.69 Å². The second-order valence-electron chi connectivity index (χ2n) is 11.1. The molecule has 0 aromatic carbocycles. The van der Waals surface area contributed by atoms with Gasteiger partial charge in [0.2, 0.25) is 0 Å². The predicted octanol–water partition coefficient (Wildman–Crippen LogP) is 3.46. The molecule has 3 fully saturated rings. The molecule has 1 aromatic heterocycles. The van der Waals surface area contributed by atoms with E-state index in [1.165, 1.54) is 12.8 Å². The number of aromatic nitrogens is 2. The number of amides is 1. The van der Waals surface area contributed by atoms with Gasteiger partial charge in [-0.25, -0.2) is 0 Å². The molecule has 2 aliphatic heterocycles. The topological polar surface area (TPSA) is 59.4 Å². The van der Waals surface area contributed by atoms with Crippen molar-refractivity contribution in [2.24, 2.45) is 24.3 Å². The molecule has 1 N–H and O–H groups in total. The van der Waals surface area contributed by atoms with Crippen LogP contribution < -0.4 is 5.32 Å². The lowest BCUT2D eigenvalue weighted by Crippen LogP contribution is -2.51. The lowest BCUT2D eigenvalue weighted by molar-refractivity contribution is -0.0762. The predicted molar refractivity (Wildman–Crippen MR) is 121 cm³/mol. The molecule has 31 heavy (non-hydrogen) atoms. The number of allylic oxidation sites excluding steroid dienone is 1. The van der Waals surface area contributed by atoms with E-state index in [2.05, 4.69) is 35.2 Å². The van der Waals surface area contributed by atoms with Gasteiger partial charge in [0.25, 0.3) is 5.91 Å². The molecule has 6 nitrogen and oxygen atoms in total. The van der Waals surface area contributed by atoms with Crippen molar-refractivity contribution >= 4 is 5.91 Å². The molecule has 0 radical (unpaired) electrons. The van der Waals surface area contributed by atoms with E-state index in [1.54, 1.807) is 10.3 Å². The van der Waals surface area contributed by atoms with E-state index in [9.17, 15) is 4.79 Å². The van der Waals surface area contributed by atoms with Crippen LogP contribution in [0, 0.1) is 24.2 Å². The Morgan fingerprint density at radius 3 is 2.71 bits per heavy atom. The molecule has 3 heterocycles. The highest BCUT2D eigenvalue weighted by atomic mass is 16.5. The molecule has 3 atom stereocenters. The van der Waals surface area contributed by atoms with Gasteiger partial charge in [-0.1, -0.05) is 25.5 Å². The number of carbonyl (C=O) groups is 1. The Labute approximate surface area is 186 Å². The van der Waals surface area contributed by atoms with Gasteiger partial charge in [0.15, 0.2) is 0 Å². The summed E-state index contributed by atoms with van der Waals surface area (Å²) in [5.41, 5.74) is 3.71. The molecule has 1 amide bonds. The molecular weight excluding hydrogens is 388 g/mol. The molecule has 0 unspecified atom stereocenters. The maximum atomic E-state index is 12.5. The first-order chi connectivity index (χ1) is 14.8. The third kappa shape index (κ3) is 3.86. The van der Waals surface area contributed by atoms with Crippen molar-refractivity contribution in [2.45, 2.75) is 71.0 Å². The third-order valence-electron chi connectivity index (χ3n) is 8.82. The Morgan fingerprint density at radius 1 is 1.29 bits per heavy atom. The highest BCUT2D eigenvalue weighted by Gasteiger charge is 2.51. The van der Waals surface area contributed by atoms with Gasteiger partial charge in [-0.2, -0.15) is 5.10 Å². The van der Waals surface area contributed by atoms with Crippen molar-refractivity contribution in [3.8, 4) is 0 Å². The number of nitrogens with one attached hydrogen (secondary N) is 1. The van der Waals surface area contributed by atoms with Gasteiger partial charge >= 0.3 is 0 Å². The van der Waals surface area contributed by atoms with Gasteiger partial charge in [-0.15, -0.1) is 0 Å². The van der Waals surface area contributed by atoms with E-state index in [-0.39, 0.29) is 17.6 Å². The van der Waals surface area contributed by atoms with E-state index in [4.69, 9.17) is 4.74 Å². The highest BCUT2D eigenvalue weighted by Crippen LogP contribution is 2.59. The number of hydrogen-bond donors (Lipinski definition) is 1. The van der Waals surface area contributed by atoms with Crippen LogP contribution in [0.4, 0.5) is 0 Å². The number of likely N-dealkylation sites (tertiary alicyclic amines) is 1. The van der Waals surface area contributed by atoms with Crippen LogP contribution in [0.15, 0.2) is 17.7 Å². The van der Waals surface area contributed by atoms with E-state index in [0.29, 0.717) is 17.7 Å². The van der Waals surface area contributed by atoms with E-state index in [0.717, 1.165) is 62.8 Å². The van der Waals surface area contributed by atoms with Gasteiger partial charge in [-0.3, -0.25) is 14.4 Å². The van der Waals surface area contributed by atoms with Crippen molar-refractivity contribution in [1.29, 1.82) is 0 Å². The van der Waals surface area contributed by atoms with Gasteiger partial charge in [0.05, 0.1) is 17.4 Å². The maximum absolute atomic E-state index is 12.5.